The van der Waals surface area contributed by atoms with Gasteiger partial charge in [0.2, 0.25) is 5.75 Å². The second-order valence-corrected chi connectivity index (χ2v) is 5.66. The Labute approximate surface area is 150 Å². The summed E-state index contributed by atoms with van der Waals surface area (Å²) in [6, 6.07) is 9.34. The molecule has 6 nitrogen and oxygen atoms in total. The highest BCUT2D eigenvalue weighted by Crippen LogP contribution is 2.40. The molecule has 3 aromatic rings. The van der Waals surface area contributed by atoms with Gasteiger partial charge in [0.15, 0.2) is 5.75 Å². The molecule has 9 heteroatoms. The Morgan fingerprint density at radius 1 is 0.926 bits per heavy atom. The summed E-state index contributed by atoms with van der Waals surface area (Å²) in [6.07, 6.45) is -2.55. The minimum Gasteiger partial charge on any atom is -0.504 e. The van der Waals surface area contributed by atoms with E-state index in [0.29, 0.717) is 17.3 Å². The standard InChI is InChI=1S/C18H11F3N2O4/c19-18(20,21)14-5-13(8-22-9-14)11-3-1-2-10(4-11)12-6-15(23(26)27)17(25)16(24)7-12/h1-9,24-25H. The number of aromatic nitrogens is 1. The molecular weight excluding hydrogens is 365 g/mol. The summed E-state index contributed by atoms with van der Waals surface area (Å²) in [5.74, 6) is -1.53. The number of hydrogen-bond donors (Lipinski definition) is 2. The van der Waals surface area contributed by atoms with Crippen molar-refractivity contribution < 1.29 is 28.3 Å². The van der Waals surface area contributed by atoms with E-state index in [1.54, 1.807) is 18.2 Å². The zero-order valence-electron chi connectivity index (χ0n) is 13.4. The smallest absolute Gasteiger partial charge is 0.417 e. The number of nitrogens with zero attached hydrogens (tertiary/aromatic N) is 2. The van der Waals surface area contributed by atoms with E-state index < -0.39 is 33.8 Å². The van der Waals surface area contributed by atoms with Crippen LogP contribution in [0.5, 0.6) is 11.5 Å². The van der Waals surface area contributed by atoms with E-state index in [2.05, 4.69) is 4.98 Å². The number of rotatable bonds is 3. The van der Waals surface area contributed by atoms with E-state index in [4.69, 9.17) is 0 Å². The van der Waals surface area contributed by atoms with Crippen LogP contribution in [0.2, 0.25) is 0 Å². The maximum atomic E-state index is 12.9. The molecule has 0 saturated heterocycles. The molecule has 0 spiro atoms. The Bertz CT molecular complexity index is 1040. The third-order valence-electron chi connectivity index (χ3n) is 3.86. The molecule has 0 fully saturated rings. The van der Waals surface area contributed by atoms with Crippen molar-refractivity contribution in [3.8, 4) is 33.8 Å². The minimum atomic E-state index is -4.54. The molecule has 1 heterocycles. The Morgan fingerprint density at radius 3 is 2.22 bits per heavy atom. The van der Waals surface area contributed by atoms with Gasteiger partial charge in [-0.2, -0.15) is 13.2 Å². The number of halogens is 3. The fourth-order valence-corrected chi connectivity index (χ4v) is 2.54. The van der Waals surface area contributed by atoms with Crippen molar-refractivity contribution >= 4 is 5.69 Å². The van der Waals surface area contributed by atoms with Crippen LogP contribution < -0.4 is 0 Å². The van der Waals surface area contributed by atoms with Crippen molar-refractivity contribution in [3.63, 3.8) is 0 Å². The van der Waals surface area contributed by atoms with Crippen LogP contribution in [-0.4, -0.2) is 20.1 Å². The molecule has 27 heavy (non-hydrogen) atoms. The van der Waals surface area contributed by atoms with Crippen molar-refractivity contribution in [3.05, 3.63) is 70.5 Å². The molecule has 0 aliphatic rings. The molecule has 0 saturated carbocycles. The topological polar surface area (TPSA) is 96.5 Å². The van der Waals surface area contributed by atoms with Gasteiger partial charge in [-0.25, -0.2) is 0 Å². The maximum Gasteiger partial charge on any atom is 0.417 e. The molecule has 138 valence electrons. The number of phenolic OH excluding ortho intramolecular Hbond substituents is 2. The molecule has 0 atom stereocenters. The van der Waals surface area contributed by atoms with E-state index in [9.17, 15) is 33.5 Å². The van der Waals surface area contributed by atoms with Gasteiger partial charge < -0.3 is 10.2 Å². The molecular formula is C18H11F3N2O4. The Kier molecular flexibility index (Phi) is 4.44. The SMILES string of the molecule is O=[N+]([O-])c1cc(-c2cccc(-c3cncc(C(F)(F)F)c3)c2)cc(O)c1O. The summed E-state index contributed by atoms with van der Waals surface area (Å²) in [7, 11) is 0. The summed E-state index contributed by atoms with van der Waals surface area (Å²) >= 11 is 0. The normalized spacial score (nSPS) is 11.4. The third kappa shape index (κ3) is 3.66. The van der Waals surface area contributed by atoms with Gasteiger partial charge in [0.25, 0.3) is 0 Å². The van der Waals surface area contributed by atoms with Crippen LogP contribution in [0.3, 0.4) is 0 Å². The lowest BCUT2D eigenvalue weighted by atomic mass is 9.98. The van der Waals surface area contributed by atoms with Crippen molar-refractivity contribution in [2.45, 2.75) is 6.18 Å². The van der Waals surface area contributed by atoms with Crippen LogP contribution in [-0.2, 0) is 6.18 Å². The second-order valence-electron chi connectivity index (χ2n) is 5.66. The average Bonchev–Trinajstić information content (AvgIpc) is 2.63. The molecule has 2 aromatic carbocycles. The number of hydrogen-bond acceptors (Lipinski definition) is 5. The predicted octanol–water partition coefficient (Wildman–Crippen LogP) is 4.75. The molecule has 0 radical (unpaired) electrons. The number of alkyl halides is 3. The van der Waals surface area contributed by atoms with E-state index in [1.165, 1.54) is 12.3 Å². The van der Waals surface area contributed by atoms with Crippen LogP contribution >= 0.6 is 0 Å². The van der Waals surface area contributed by atoms with Crippen LogP contribution in [0.4, 0.5) is 18.9 Å². The Balaban J connectivity index is 2.09. The van der Waals surface area contributed by atoms with Crippen LogP contribution in [0.1, 0.15) is 5.56 Å². The lowest BCUT2D eigenvalue weighted by Gasteiger charge is -2.10. The summed E-state index contributed by atoms with van der Waals surface area (Å²) in [6.45, 7) is 0. The van der Waals surface area contributed by atoms with E-state index in [-0.39, 0.29) is 11.1 Å². The van der Waals surface area contributed by atoms with Gasteiger partial charge in [0, 0.05) is 24.0 Å². The zero-order chi connectivity index (χ0) is 19.8. The van der Waals surface area contributed by atoms with Crippen molar-refractivity contribution in [2.24, 2.45) is 0 Å². The molecule has 0 bridgehead atoms. The quantitative estimate of drug-likeness (QED) is 0.390. The van der Waals surface area contributed by atoms with Gasteiger partial charge in [-0.3, -0.25) is 15.1 Å². The Morgan fingerprint density at radius 2 is 1.59 bits per heavy atom. The average molecular weight is 376 g/mol. The molecule has 0 unspecified atom stereocenters. The number of nitro benzene ring substituents is 1. The Hall–Kier alpha value is -3.62. The molecule has 1 aromatic heterocycles. The van der Waals surface area contributed by atoms with Crippen LogP contribution in [0, 0.1) is 10.1 Å². The predicted molar refractivity (Wildman–Crippen MR) is 90.1 cm³/mol. The van der Waals surface area contributed by atoms with Crippen LogP contribution in [0.15, 0.2) is 54.9 Å². The second kappa shape index (κ2) is 6.60. The molecule has 3 rings (SSSR count). The van der Waals surface area contributed by atoms with E-state index in [1.807, 2.05) is 0 Å². The molecule has 0 aliphatic carbocycles. The first-order valence-corrected chi connectivity index (χ1v) is 7.50. The number of phenols is 2. The van der Waals surface area contributed by atoms with Gasteiger partial charge in [-0.1, -0.05) is 18.2 Å². The third-order valence-corrected chi connectivity index (χ3v) is 3.86. The number of aromatic hydroxyl groups is 2. The van der Waals surface area contributed by atoms with E-state index >= 15 is 0 Å². The summed E-state index contributed by atoms with van der Waals surface area (Å²) in [5.41, 5.74) is -0.341. The van der Waals surface area contributed by atoms with Gasteiger partial charge in [0.1, 0.15) is 0 Å². The first kappa shape index (κ1) is 18.2. The summed E-state index contributed by atoms with van der Waals surface area (Å²) in [5, 5.41) is 30.3. The van der Waals surface area contributed by atoms with Crippen molar-refractivity contribution in [1.82, 2.24) is 4.98 Å². The maximum absolute atomic E-state index is 12.9. The largest absolute Gasteiger partial charge is 0.504 e. The highest BCUT2D eigenvalue weighted by atomic mass is 19.4. The molecule has 0 amide bonds. The van der Waals surface area contributed by atoms with Crippen molar-refractivity contribution in [2.75, 3.05) is 0 Å². The van der Waals surface area contributed by atoms with Gasteiger partial charge >= 0.3 is 11.9 Å². The highest BCUT2D eigenvalue weighted by molar-refractivity contribution is 5.76. The lowest BCUT2D eigenvalue weighted by molar-refractivity contribution is -0.385. The van der Waals surface area contributed by atoms with Crippen LogP contribution in [0.25, 0.3) is 22.3 Å². The van der Waals surface area contributed by atoms with E-state index in [0.717, 1.165) is 18.2 Å². The minimum absolute atomic E-state index is 0.212. The fourth-order valence-electron chi connectivity index (χ4n) is 2.54. The van der Waals surface area contributed by atoms with Gasteiger partial charge in [0.05, 0.1) is 10.5 Å². The molecule has 2 N–H and O–H groups in total. The van der Waals surface area contributed by atoms with Gasteiger partial charge in [-0.15, -0.1) is 0 Å². The molecule has 0 aliphatic heterocycles. The summed E-state index contributed by atoms with van der Waals surface area (Å²) < 4.78 is 38.6. The highest BCUT2D eigenvalue weighted by Gasteiger charge is 2.31. The lowest BCUT2D eigenvalue weighted by Crippen LogP contribution is -2.05. The van der Waals surface area contributed by atoms with Crippen molar-refractivity contribution in [1.29, 1.82) is 0 Å². The zero-order valence-corrected chi connectivity index (χ0v) is 13.4. The number of nitro groups is 1. The number of pyridine rings is 1. The first-order valence-electron chi connectivity index (χ1n) is 7.50. The monoisotopic (exact) mass is 376 g/mol. The summed E-state index contributed by atoms with van der Waals surface area (Å²) in [4.78, 5) is 13.8. The fraction of sp³-hybridized carbons (Fsp3) is 0.0556. The first-order chi connectivity index (χ1) is 12.7. The van der Waals surface area contributed by atoms with Gasteiger partial charge in [-0.05, 0) is 34.9 Å². The number of benzene rings is 2.